The molecule has 4 heteroatoms. The Morgan fingerprint density at radius 3 is 2.47 bits per heavy atom. The van der Waals surface area contributed by atoms with E-state index >= 15 is 0 Å². The summed E-state index contributed by atoms with van der Waals surface area (Å²) in [6.07, 6.45) is 3.60. The van der Waals surface area contributed by atoms with Gasteiger partial charge in [-0.1, -0.05) is 19.8 Å². The molecule has 0 bridgehead atoms. The second-order valence-corrected chi connectivity index (χ2v) is 4.38. The quantitative estimate of drug-likeness (QED) is 0.580. The van der Waals surface area contributed by atoms with Crippen LogP contribution in [-0.2, 0) is 11.1 Å². The van der Waals surface area contributed by atoms with Gasteiger partial charge in [-0.25, -0.2) is 4.21 Å². The van der Waals surface area contributed by atoms with Crippen molar-refractivity contribution >= 4 is 16.8 Å². The fourth-order valence-corrected chi connectivity index (χ4v) is 1.67. The van der Waals surface area contributed by atoms with E-state index in [1.807, 2.05) is 12.1 Å². The second kappa shape index (κ2) is 6.58. The van der Waals surface area contributed by atoms with E-state index in [4.69, 9.17) is 4.55 Å². The van der Waals surface area contributed by atoms with Crippen molar-refractivity contribution in [3.05, 3.63) is 24.3 Å². The molecule has 84 valence electrons. The number of benzene rings is 1. The highest BCUT2D eigenvalue weighted by Gasteiger charge is 1.98. The minimum absolute atomic E-state index is 0.439. The van der Waals surface area contributed by atoms with E-state index in [1.165, 1.54) is 12.8 Å². The molecule has 0 saturated heterocycles. The molecule has 1 atom stereocenters. The monoisotopic (exact) mass is 227 g/mol. The average molecular weight is 227 g/mol. The predicted molar refractivity (Wildman–Crippen MR) is 63.5 cm³/mol. The van der Waals surface area contributed by atoms with Gasteiger partial charge in [0.15, 0.2) is 11.1 Å². The molecule has 0 saturated carbocycles. The van der Waals surface area contributed by atoms with Crippen molar-refractivity contribution in [3.8, 4) is 0 Å². The highest BCUT2D eigenvalue weighted by atomic mass is 32.2. The maximum atomic E-state index is 10.7. The number of rotatable bonds is 6. The van der Waals surface area contributed by atoms with E-state index in [-0.39, 0.29) is 0 Å². The summed E-state index contributed by atoms with van der Waals surface area (Å²) >= 11 is -1.87. The van der Waals surface area contributed by atoms with Crippen molar-refractivity contribution in [1.29, 1.82) is 0 Å². The molecule has 0 aliphatic rings. The molecule has 3 nitrogen and oxygen atoms in total. The van der Waals surface area contributed by atoms with Crippen LogP contribution >= 0.6 is 0 Å². The van der Waals surface area contributed by atoms with Crippen LogP contribution < -0.4 is 5.32 Å². The van der Waals surface area contributed by atoms with Crippen molar-refractivity contribution in [1.82, 2.24) is 0 Å². The Morgan fingerprint density at radius 1 is 1.27 bits per heavy atom. The molecule has 0 radical (unpaired) electrons. The maximum absolute atomic E-state index is 10.7. The molecule has 0 aromatic heterocycles. The summed E-state index contributed by atoms with van der Waals surface area (Å²) in [6.45, 7) is 3.13. The van der Waals surface area contributed by atoms with Crippen LogP contribution in [0.25, 0.3) is 0 Å². The summed E-state index contributed by atoms with van der Waals surface area (Å²) < 4.78 is 19.5. The Labute approximate surface area is 93.2 Å². The summed E-state index contributed by atoms with van der Waals surface area (Å²) in [4.78, 5) is 0.439. The smallest absolute Gasteiger partial charge is 0.186 e. The van der Waals surface area contributed by atoms with Crippen molar-refractivity contribution in [2.45, 2.75) is 31.1 Å². The Morgan fingerprint density at radius 2 is 1.93 bits per heavy atom. The van der Waals surface area contributed by atoms with E-state index in [9.17, 15) is 4.21 Å². The molecule has 1 aromatic rings. The second-order valence-electron chi connectivity index (χ2n) is 3.41. The van der Waals surface area contributed by atoms with Gasteiger partial charge in [0, 0.05) is 12.2 Å². The number of nitrogens with one attached hydrogen (secondary N) is 1. The molecular weight excluding hydrogens is 210 g/mol. The van der Waals surface area contributed by atoms with Crippen LogP contribution in [0, 0.1) is 0 Å². The van der Waals surface area contributed by atoms with Crippen LogP contribution in [0.2, 0.25) is 0 Å². The van der Waals surface area contributed by atoms with Crippen molar-refractivity contribution < 1.29 is 8.76 Å². The zero-order chi connectivity index (χ0) is 11.1. The Kier molecular flexibility index (Phi) is 5.36. The number of anilines is 1. The first kappa shape index (κ1) is 12.2. The molecular formula is C11H17NO2S. The van der Waals surface area contributed by atoms with Gasteiger partial charge in [0.2, 0.25) is 0 Å². The summed E-state index contributed by atoms with van der Waals surface area (Å²) in [5.41, 5.74) is 1.00. The van der Waals surface area contributed by atoms with Crippen molar-refractivity contribution in [2.75, 3.05) is 11.9 Å². The molecule has 0 spiro atoms. The maximum Gasteiger partial charge on any atom is 0.186 e. The zero-order valence-electron chi connectivity index (χ0n) is 8.90. The standard InChI is InChI=1S/C11H17NO2S/c1-2-3-4-9-12-10-5-7-11(8-6-10)15(13)14/h5-8,12H,2-4,9H2,1H3,(H,13,14). The van der Waals surface area contributed by atoms with Gasteiger partial charge in [0.25, 0.3) is 0 Å². The third-order valence-corrected chi connectivity index (χ3v) is 2.84. The number of unbranched alkanes of at least 4 members (excludes halogenated alkanes) is 2. The molecule has 1 rings (SSSR count). The third-order valence-electron chi connectivity index (χ3n) is 2.17. The highest BCUT2D eigenvalue weighted by molar-refractivity contribution is 7.79. The van der Waals surface area contributed by atoms with Gasteiger partial charge in [-0.15, -0.1) is 0 Å². The fourth-order valence-electron chi connectivity index (χ4n) is 1.30. The van der Waals surface area contributed by atoms with Gasteiger partial charge in [0.1, 0.15) is 0 Å². The normalized spacial score (nSPS) is 12.4. The van der Waals surface area contributed by atoms with Crippen molar-refractivity contribution in [3.63, 3.8) is 0 Å². The predicted octanol–water partition coefficient (Wildman–Crippen LogP) is 2.87. The lowest BCUT2D eigenvalue weighted by molar-refractivity contribution is 0.564. The highest BCUT2D eigenvalue weighted by Crippen LogP contribution is 2.11. The van der Waals surface area contributed by atoms with E-state index < -0.39 is 11.1 Å². The minimum atomic E-state index is -1.87. The summed E-state index contributed by atoms with van der Waals surface area (Å²) in [5, 5.41) is 3.27. The molecule has 1 unspecified atom stereocenters. The molecule has 0 aliphatic carbocycles. The number of hydrogen-bond donors (Lipinski definition) is 2. The van der Waals surface area contributed by atoms with Gasteiger partial charge in [-0.05, 0) is 30.7 Å². The van der Waals surface area contributed by atoms with E-state index in [1.54, 1.807) is 12.1 Å². The lowest BCUT2D eigenvalue weighted by atomic mass is 10.2. The lowest BCUT2D eigenvalue weighted by Crippen LogP contribution is -2.01. The summed E-state index contributed by atoms with van der Waals surface area (Å²) in [6, 6.07) is 6.99. The first-order chi connectivity index (χ1) is 7.24. The van der Waals surface area contributed by atoms with Gasteiger partial charge >= 0.3 is 0 Å². The lowest BCUT2D eigenvalue weighted by Gasteiger charge is -2.05. The van der Waals surface area contributed by atoms with Crippen LogP contribution in [0.4, 0.5) is 5.69 Å². The fraction of sp³-hybridized carbons (Fsp3) is 0.455. The third kappa shape index (κ3) is 4.44. The Balaban J connectivity index is 2.39. The van der Waals surface area contributed by atoms with Crippen LogP contribution in [-0.4, -0.2) is 15.3 Å². The molecule has 15 heavy (non-hydrogen) atoms. The van der Waals surface area contributed by atoms with E-state index in [2.05, 4.69) is 12.2 Å². The van der Waals surface area contributed by atoms with Crippen LogP contribution in [0.3, 0.4) is 0 Å². The molecule has 2 N–H and O–H groups in total. The van der Waals surface area contributed by atoms with Gasteiger partial charge < -0.3 is 9.87 Å². The first-order valence-corrected chi connectivity index (χ1v) is 6.29. The molecule has 0 aliphatic heterocycles. The SMILES string of the molecule is CCCCCNc1ccc(S(=O)O)cc1. The average Bonchev–Trinajstić information content (AvgIpc) is 2.25. The van der Waals surface area contributed by atoms with Crippen molar-refractivity contribution in [2.24, 2.45) is 0 Å². The molecule has 0 heterocycles. The van der Waals surface area contributed by atoms with Crippen LogP contribution in [0.5, 0.6) is 0 Å². The van der Waals surface area contributed by atoms with E-state index in [0.717, 1.165) is 18.7 Å². The van der Waals surface area contributed by atoms with Crippen LogP contribution in [0.15, 0.2) is 29.2 Å². The largest absolute Gasteiger partial charge is 0.385 e. The van der Waals surface area contributed by atoms with Gasteiger partial charge in [-0.2, -0.15) is 0 Å². The van der Waals surface area contributed by atoms with Gasteiger partial charge in [-0.3, -0.25) is 0 Å². The van der Waals surface area contributed by atoms with Crippen LogP contribution in [0.1, 0.15) is 26.2 Å². The minimum Gasteiger partial charge on any atom is -0.385 e. The first-order valence-electron chi connectivity index (χ1n) is 5.19. The zero-order valence-corrected chi connectivity index (χ0v) is 9.72. The summed E-state index contributed by atoms with van der Waals surface area (Å²) in [5.74, 6) is 0. The van der Waals surface area contributed by atoms with Gasteiger partial charge in [0.05, 0.1) is 4.90 Å². The molecule has 0 amide bonds. The topological polar surface area (TPSA) is 49.3 Å². The number of hydrogen-bond acceptors (Lipinski definition) is 2. The molecule has 1 aromatic carbocycles. The summed E-state index contributed by atoms with van der Waals surface area (Å²) in [7, 11) is 0. The molecule has 0 fully saturated rings. The Bertz CT molecular complexity index is 311. The van der Waals surface area contributed by atoms with E-state index in [0.29, 0.717) is 4.90 Å². The Hall–Kier alpha value is -0.870.